The molecule has 1 heterocycles. The van der Waals surface area contributed by atoms with Crippen LogP contribution in [0.2, 0.25) is 0 Å². The molecule has 2 atom stereocenters. The lowest BCUT2D eigenvalue weighted by Crippen LogP contribution is -2.26. The molecule has 4 rings (SSSR count). The summed E-state index contributed by atoms with van der Waals surface area (Å²) in [7, 11) is 0. The number of nitro groups is 2. The van der Waals surface area contributed by atoms with Gasteiger partial charge in [0.05, 0.1) is 28.5 Å². The molecule has 0 radical (unpaired) electrons. The van der Waals surface area contributed by atoms with Crippen LogP contribution in [0.3, 0.4) is 0 Å². The number of hydrogen-bond acceptors (Lipinski definition) is 6. The second kappa shape index (κ2) is 9.23. The van der Waals surface area contributed by atoms with Crippen LogP contribution >= 0.6 is 0 Å². The van der Waals surface area contributed by atoms with Crippen LogP contribution in [0, 0.1) is 20.2 Å². The first-order valence-electron chi connectivity index (χ1n) is 11.2. The average molecular weight is 462 g/mol. The summed E-state index contributed by atoms with van der Waals surface area (Å²) >= 11 is 0. The third-order valence-electron chi connectivity index (χ3n) is 6.70. The first-order chi connectivity index (χ1) is 16.2. The highest BCUT2D eigenvalue weighted by atomic mass is 16.6. The summed E-state index contributed by atoms with van der Waals surface area (Å²) < 4.78 is 0. The van der Waals surface area contributed by atoms with E-state index in [4.69, 9.17) is 0 Å². The van der Waals surface area contributed by atoms with Crippen LogP contribution in [-0.4, -0.2) is 21.6 Å². The standard InChI is InChI=1S/C26H27N3O5/c1-26(2,17-30)20-7-13-21(14-8-20)27-24(18-3-9-22(10-4-18)28(31)32)15-16-25(27)19-5-11-23(12-6-19)29(33)34/h3-14,24-25,30H,15-17H2,1-2H3/t24-,25-/m0/s1. The van der Waals surface area contributed by atoms with Crippen molar-refractivity contribution in [2.24, 2.45) is 0 Å². The van der Waals surface area contributed by atoms with Crippen molar-refractivity contribution in [3.63, 3.8) is 0 Å². The van der Waals surface area contributed by atoms with Crippen molar-refractivity contribution in [1.82, 2.24) is 0 Å². The Bertz CT molecular complexity index is 1110. The van der Waals surface area contributed by atoms with Gasteiger partial charge in [0.25, 0.3) is 11.4 Å². The summed E-state index contributed by atoms with van der Waals surface area (Å²) in [6, 6.07) is 21.4. The maximum atomic E-state index is 11.1. The van der Waals surface area contributed by atoms with Crippen molar-refractivity contribution in [3.05, 3.63) is 110 Å². The number of aliphatic hydroxyl groups is 1. The molecular weight excluding hydrogens is 434 g/mol. The average Bonchev–Trinajstić information content (AvgIpc) is 3.29. The third kappa shape index (κ3) is 4.49. The number of aliphatic hydroxyl groups excluding tert-OH is 1. The summed E-state index contributed by atoms with van der Waals surface area (Å²) in [5.41, 5.74) is 3.72. The Morgan fingerprint density at radius 2 is 1.21 bits per heavy atom. The molecule has 3 aromatic carbocycles. The monoisotopic (exact) mass is 461 g/mol. The van der Waals surface area contributed by atoms with Gasteiger partial charge in [0.2, 0.25) is 0 Å². The van der Waals surface area contributed by atoms with Crippen molar-refractivity contribution >= 4 is 17.1 Å². The Kier molecular flexibility index (Phi) is 6.34. The number of non-ortho nitro benzene ring substituents is 2. The first-order valence-corrected chi connectivity index (χ1v) is 11.2. The van der Waals surface area contributed by atoms with E-state index in [9.17, 15) is 25.3 Å². The predicted molar refractivity (Wildman–Crippen MR) is 130 cm³/mol. The van der Waals surface area contributed by atoms with Crippen LogP contribution in [0.1, 0.15) is 55.5 Å². The minimum Gasteiger partial charge on any atom is -0.395 e. The van der Waals surface area contributed by atoms with E-state index in [0.717, 1.165) is 35.2 Å². The van der Waals surface area contributed by atoms with Gasteiger partial charge in [0.1, 0.15) is 0 Å². The smallest absolute Gasteiger partial charge is 0.269 e. The number of benzene rings is 3. The topological polar surface area (TPSA) is 110 Å². The summed E-state index contributed by atoms with van der Waals surface area (Å²) in [6.45, 7) is 4.00. The van der Waals surface area contributed by atoms with Gasteiger partial charge >= 0.3 is 0 Å². The molecule has 0 amide bonds. The van der Waals surface area contributed by atoms with E-state index in [1.165, 1.54) is 24.3 Å². The number of nitro benzene ring substituents is 2. The molecule has 8 heteroatoms. The fraction of sp³-hybridized carbons (Fsp3) is 0.308. The Hall–Kier alpha value is -3.78. The van der Waals surface area contributed by atoms with Crippen LogP contribution in [0.15, 0.2) is 72.8 Å². The van der Waals surface area contributed by atoms with Crippen molar-refractivity contribution < 1.29 is 15.0 Å². The minimum absolute atomic E-state index is 0.00213. The lowest BCUT2D eigenvalue weighted by Gasteiger charge is -2.34. The molecular formula is C26H27N3O5. The van der Waals surface area contributed by atoms with E-state index in [-0.39, 0.29) is 35.5 Å². The molecule has 176 valence electrons. The normalized spacial score (nSPS) is 18.1. The fourth-order valence-electron chi connectivity index (χ4n) is 4.64. The summed E-state index contributed by atoms with van der Waals surface area (Å²) in [4.78, 5) is 23.7. The van der Waals surface area contributed by atoms with E-state index in [1.54, 1.807) is 24.3 Å². The highest BCUT2D eigenvalue weighted by molar-refractivity contribution is 5.55. The van der Waals surface area contributed by atoms with Crippen LogP contribution in [0.4, 0.5) is 17.1 Å². The third-order valence-corrected chi connectivity index (χ3v) is 6.70. The maximum absolute atomic E-state index is 11.1. The van der Waals surface area contributed by atoms with Gasteiger partial charge in [-0.2, -0.15) is 0 Å². The second-order valence-corrected chi connectivity index (χ2v) is 9.30. The van der Waals surface area contributed by atoms with Gasteiger partial charge in [-0.25, -0.2) is 0 Å². The Labute approximate surface area is 197 Å². The van der Waals surface area contributed by atoms with E-state index >= 15 is 0 Å². The molecule has 1 saturated heterocycles. The molecule has 1 aliphatic rings. The Morgan fingerprint density at radius 3 is 1.56 bits per heavy atom. The molecule has 0 aliphatic carbocycles. The zero-order valence-corrected chi connectivity index (χ0v) is 19.1. The Balaban J connectivity index is 1.73. The molecule has 1 N–H and O–H groups in total. The van der Waals surface area contributed by atoms with Gasteiger partial charge in [0.15, 0.2) is 0 Å². The fourth-order valence-corrected chi connectivity index (χ4v) is 4.64. The molecule has 0 spiro atoms. The predicted octanol–water partition coefficient (Wildman–Crippen LogP) is 5.86. The molecule has 8 nitrogen and oxygen atoms in total. The van der Waals surface area contributed by atoms with E-state index < -0.39 is 9.85 Å². The van der Waals surface area contributed by atoms with Gasteiger partial charge in [-0.15, -0.1) is 0 Å². The lowest BCUT2D eigenvalue weighted by molar-refractivity contribution is -0.385. The zero-order chi connectivity index (χ0) is 24.5. The van der Waals surface area contributed by atoms with Gasteiger partial charge in [0, 0.05) is 35.4 Å². The molecule has 0 unspecified atom stereocenters. The summed E-state index contributed by atoms with van der Waals surface area (Å²) in [5.74, 6) is 0. The second-order valence-electron chi connectivity index (χ2n) is 9.30. The van der Waals surface area contributed by atoms with E-state index in [1.807, 2.05) is 38.1 Å². The molecule has 1 fully saturated rings. The molecule has 0 saturated carbocycles. The van der Waals surface area contributed by atoms with Crippen LogP contribution < -0.4 is 4.90 Å². The van der Waals surface area contributed by atoms with E-state index in [2.05, 4.69) is 4.90 Å². The van der Waals surface area contributed by atoms with Crippen molar-refractivity contribution in [2.75, 3.05) is 11.5 Å². The minimum atomic E-state index is -0.405. The largest absolute Gasteiger partial charge is 0.395 e. The van der Waals surface area contributed by atoms with Gasteiger partial charge in [-0.1, -0.05) is 50.2 Å². The molecule has 1 aliphatic heterocycles. The summed E-state index contributed by atoms with van der Waals surface area (Å²) in [6.07, 6.45) is 1.67. The molecule has 0 aromatic heterocycles. The van der Waals surface area contributed by atoms with Gasteiger partial charge < -0.3 is 10.0 Å². The highest BCUT2D eigenvalue weighted by Crippen LogP contribution is 2.47. The number of rotatable bonds is 7. The first kappa shape index (κ1) is 23.4. The van der Waals surface area contributed by atoms with Crippen LogP contribution in [-0.2, 0) is 5.41 Å². The summed E-state index contributed by atoms with van der Waals surface area (Å²) in [5, 5.41) is 31.9. The number of nitrogens with zero attached hydrogens (tertiary/aromatic N) is 3. The highest BCUT2D eigenvalue weighted by Gasteiger charge is 2.36. The van der Waals surface area contributed by atoms with Crippen molar-refractivity contribution in [1.29, 1.82) is 0 Å². The molecule has 3 aromatic rings. The zero-order valence-electron chi connectivity index (χ0n) is 19.1. The quantitative estimate of drug-likeness (QED) is 0.349. The number of hydrogen-bond donors (Lipinski definition) is 1. The molecule has 0 bridgehead atoms. The van der Waals surface area contributed by atoms with Gasteiger partial charge in [-0.3, -0.25) is 20.2 Å². The van der Waals surface area contributed by atoms with Crippen LogP contribution in [0.25, 0.3) is 0 Å². The van der Waals surface area contributed by atoms with Crippen molar-refractivity contribution in [3.8, 4) is 0 Å². The SMILES string of the molecule is CC(C)(CO)c1ccc(N2[C@H](c3ccc([N+](=O)[O-])cc3)CC[C@H]2c2ccc([N+](=O)[O-])cc2)cc1. The van der Waals surface area contributed by atoms with E-state index in [0.29, 0.717) is 0 Å². The number of anilines is 1. The van der Waals surface area contributed by atoms with Gasteiger partial charge in [-0.05, 0) is 41.7 Å². The van der Waals surface area contributed by atoms with Crippen molar-refractivity contribution in [2.45, 2.75) is 44.2 Å². The Morgan fingerprint density at radius 1 is 0.794 bits per heavy atom. The lowest BCUT2D eigenvalue weighted by atomic mass is 9.85. The van der Waals surface area contributed by atoms with Crippen LogP contribution in [0.5, 0.6) is 0 Å². The maximum Gasteiger partial charge on any atom is 0.269 e. The molecule has 34 heavy (non-hydrogen) atoms.